The van der Waals surface area contributed by atoms with Crippen molar-refractivity contribution < 1.29 is 14.0 Å². The standard InChI is InChI=1S/C18H14FN3O2S/c19-14-8-6-12(7-9-14)10-16(23)21-22-17(24)15-11-25-18(20-15)13-4-2-1-3-5-13/h1-9,11H,10H2,(H,21,23)(H,22,24). The molecule has 0 aliphatic rings. The molecule has 0 saturated heterocycles. The quantitative estimate of drug-likeness (QED) is 0.707. The second-order valence-electron chi connectivity index (χ2n) is 5.21. The predicted molar refractivity (Wildman–Crippen MR) is 93.3 cm³/mol. The Bertz CT molecular complexity index is 879. The van der Waals surface area contributed by atoms with Gasteiger partial charge in [-0.25, -0.2) is 9.37 Å². The number of hydrogen-bond acceptors (Lipinski definition) is 4. The lowest BCUT2D eigenvalue weighted by atomic mass is 10.1. The second-order valence-corrected chi connectivity index (χ2v) is 6.07. The van der Waals surface area contributed by atoms with Gasteiger partial charge in [-0.15, -0.1) is 11.3 Å². The second kappa shape index (κ2) is 7.67. The number of amides is 2. The van der Waals surface area contributed by atoms with Crippen LogP contribution in [-0.2, 0) is 11.2 Å². The maximum Gasteiger partial charge on any atom is 0.289 e. The molecule has 0 saturated carbocycles. The van der Waals surface area contributed by atoms with E-state index in [2.05, 4.69) is 15.8 Å². The van der Waals surface area contributed by atoms with Crippen LogP contribution in [0.5, 0.6) is 0 Å². The summed E-state index contributed by atoms with van der Waals surface area (Å²) in [6.07, 6.45) is 0.0346. The Labute approximate surface area is 147 Å². The van der Waals surface area contributed by atoms with Crippen LogP contribution in [0.3, 0.4) is 0 Å². The molecule has 0 unspecified atom stereocenters. The number of carbonyl (C=O) groups excluding carboxylic acids is 2. The highest BCUT2D eigenvalue weighted by atomic mass is 32.1. The maximum absolute atomic E-state index is 12.8. The summed E-state index contributed by atoms with van der Waals surface area (Å²) in [7, 11) is 0. The van der Waals surface area contributed by atoms with Crippen molar-refractivity contribution in [2.45, 2.75) is 6.42 Å². The predicted octanol–water partition coefficient (Wildman–Crippen LogP) is 2.95. The molecule has 126 valence electrons. The lowest BCUT2D eigenvalue weighted by molar-refractivity contribution is -0.121. The minimum absolute atomic E-state index is 0.0346. The van der Waals surface area contributed by atoms with Gasteiger partial charge >= 0.3 is 0 Å². The lowest BCUT2D eigenvalue weighted by Crippen LogP contribution is -2.42. The van der Waals surface area contributed by atoms with Gasteiger partial charge in [0, 0.05) is 10.9 Å². The van der Waals surface area contributed by atoms with Gasteiger partial charge in [-0.05, 0) is 17.7 Å². The van der Waals surface area contributed by atoms with Gasteiger partial charge in [0.05, 0.1) is 6.42 Å². The highest BCUT2D eigenvalue weighted by Crippen LogP contribution is 2.23. The fraction of sp³-hybridized carbons (Fsp3) is 0.0556. The van der Waals surface area contributed by atoms with Gasteiger partial charge in [-0.3, -0.25) is 20.4 Å². The van der Waals surface area contributed by atoms with Crippen LogP contribution in [-0.4, -0.2) is 16.8 Å². The largest absolute Gasteiger partial charge is 0.289 e. The SMILES string of the molecule is O=C(Cc1ccc(F)cc1)NNC(=O)c1csc(-c2ccccc2)n1. The topological polar surface area (TPSA) is 71.1 Å². The molecule has 2 N–H and O–H groups in total. The Hall–Kier alpha value is -3.06. The maximum atomic E-state index is 12.8. The van der Waals surface area contributed by atoms with Crippen LogP contribution in [0.1, 0.15) is 16.1 Å². The highest BCUT2D eigenvalue weighted by molar-refractivity contribution is 7.13. The molecule has 0 aliphatic carbocycles. The number of benzene rings is 2. The summed E-state index contributed by atoms with van der Waals surface area (Å²) < 4.78 is 12.8. The first kappa shape index (κ1) is 16.8. The van der Waals surface area contributed by atoms with Crippen LogP contribution in [0.25, 0.3) is 10.6 Å². The molecule has 3 rings (SSSR count). The Balaban J connectivity index is 1.55. The number of rotatable bonds is 4. The van der Waals surface area contributed by atoms with Crippen molar-refractivity contribution in [3.8, 4) is 10.6 Å². The highest BCUT2D eigenvalue weighted by Gasteiger charge is 2.12. The van der Waals surface area contributed by atoms with Crippen molar-refractivity contribution in [2.24, 2.45) is 0 Å². The van der Waals surface area contributed by atoms with E-state index in [1.165, 1.54) is 35.6 Å². The van der Waals surface area contributed by atoms with Crippen LogP contribution in [0.15, 0.2) is 60.0 Å². The van der Waals surface area contributed by atoms with Crippen molar-refractivity contribution in [2.75, 3.05) is 0 Å². The molecule has 5 nitrogen and oxygen atoms in total. The molecule has 0 spiro atoms. The normalized spacial score (nSPS) is 10.3. The average Bonchev–Trinajstić information content (AvgIpc) is 3.13. The van der Waals surface area contributed by atoms with Crippen LogP contribution in [0.2, 0.25) is 0 Å². The summed E-state index contributed by atoms with van der Waals surface area (Å²) >= 11 is 1.35. The van der Waals surface area contributed by atoms with Gasteiger partial charge in [-0.1, -0.05) is 42.5 Å². The van der Waals surface area contributed by atoms with Crippen molar-refractivity contribution >= 4 is 23.2 Å². The monoisotopic (exact) mass is 355 g/mol. The molecule has 2 amide bonds. The molecule has 1 heterocycles. The van der Waals surface area contributed by atoms with Gasteiger partial charge in [0.15, 0.2) is 0 Å². The van der Waals surface area contributed by atoms with Crippen LogP contribution in [0, 0.1) is 5.82 Å². The summed E-state index contributed by atoms with van der Waals surface area (Å²) in [6.45, 7) is 0. The number of nitrogens with zero attached hydrogens (tertiary/aromatic N) is 1. The molecule has 0 atom stereocenters. The smallest absolute Gasteiger partial charge is 0.273 e. The van der Waals surface area contributed by atoms with Crippen molar-refractivity contribution in [1.82, 2.24) is 15.8 Å². The molecular formula is C18H14FN3O2S. The van der Waals surface area contributed by atoms with E-state index in [0.717, 1.165) is 10.6 Å². The van der Waals surface area contributed by atoms with E-state index in [0.29, 0.717) is 5.56 Å². The van der Waals surface area contributed by atoms with E-state index in [9.17, 15) is 14.0 Å². The van der Waals surface area contributed by atoms with Crippen LogP contribution >= 0.6 is 11.3 Å². The minimum atomic E-state index is -0.495. The van der Waals surface area contributed by atoms with Crippen molar-refractivity contribution in [3.05, 3.63) is 77.1 Å². The minimum Gasteiger partial charge on any atom is -0.273 e. The van der Waals surface area contributed by atoms with E-state index < -0.39 is 11.8 Å². The molecule has 0 radical (unpaired) electrons. The summed E-state index contributed by atoms with van der Waals surface area (Å²) in [5.74, 6) is -1.26. The fourth-order valence-corrected chi connectivity index (χ4v) is 2.92. The zero-order valence-electron chi connectivity index (χ0n) is 13.0. The first-order valence-electron chi connectivity index (χ1n) is 7.46. The van der Waals surface area contributed by atoms with E-state index in [4.69, 9.17) is 0 Å². The molecule has 0 bridgehead atoms. The molecule has 7 heteroatoms. The first-order chi connectivity index (χ1) is 12.1. The van der Waals surface area contributed by atoms with Gasteiger partial charge in [0.1, 0.15) is 16.5 Å². The van der Waals surface area contributed by atoms with Gasteiger partial charge in [0.25, 0.3) is 5.91 Å². The Morgan fingerprint density at radius 3 is 2.44 bits per heavy atom. The summed E-state index contributed by atoms with van der Waals surface area (Å²) in [6, 6.07) is 15.1. The number of aromatic nitrogens is 1. The van der Waals surface area contributed by atoms with Crippen LogP contribution < -0.4 is 10.9 Å². The molecule has 2 aromatic carbocycles. The Kier molecular flexibility index (Phi) is 5.15. The van der Waals surface area contributed by atoms with Crippen LogP contribution in [0.4, 0.5) is 4.39 Å². The Morgan fingerprint density at radius 1 is 1.00 bits per heavy atom. The number of hydrogen-bond donors (Lipinski definition) is 2. The first-order valence-corrected chi connectivity index (χ1v) is 8.34. The molecule has 1 aromatic heterocycles. The average molecular weight is 355 g/mol. The number of carbonyl (C=O) groups is 2. The molecule has 0 fully saturated rings. The van der Waals surface area contributed by atoms with Gasteiger partial charge in [-0.2, -0.15) is 0 Å². The lowest BCUT2D eigenvalue weighted by Gasteiger charge is -2.06. The number of thiazole rings is 1. The summed E-state index contributed by atoms with van der Waals surface area (Å²) in [5.41, 5.74) is 6.45. The van der Waals surface area contributed by atoms with Gasteiger partial charge in [0.2, 0.25) is 5.91 Å². The summed E-state index contributed by atoms with van der Waals surface area (Å²) in [4.78, 5) is 28.1. The van der Waals surface area contributed by atoms with Crippen molar-refractivity contribution in [1.29, 1.82) is 0 Å². The zero-order chi connectivity index (χ0) is 17.6. The third kappa shape index (κ3) is 4.48. The van der Waals surface area contributed by atoms with E-state index in [1.54, 1.807) is 5.38 Å². The number of nitrogens with one attached hydrogen (secondary N) is 2. The number of hydrazine groups is 1. The molecule has 0 aliphatic heterocycles. The molecule has 3 aromatic rings. The third-order valence-electron chi connectivity index (χ3n) is 3.35. The van der Waals surface area contributed by atoms with E-state index >= 15 is 0 Å². The zero-order valence-corrected chi connectivity index (χ0v) is 13.8. The molecule has 25 heavy (non-hydrogen) atoms. The van der Waals surface area contributed by atoms with E-state index in [-0.39, 0.29) is 17.9 Å². The third-order valence-corrected chi connectivity index (χ3v) is 4.24. The number of halogens is 1. The molecular weight excluding hydrogens is 341 g/mol. The van der Waals surface area contributed by atoms with Gasteiger partial charge < -0.3 is 0 Å². The van der Waals surface area contributed by atoms with Crippen molar-refractivity contribution in [3.63, 3.8) is 0 Å². The fourth-order valence-electron chi connectivity index (χ4n) is 2.11. The summed E-state index contributed by atoms with van der Waals surface area (Å²) in [5, 5.41) is 2.35. The Morgan fingerprint density at radius 2 is 1.72 bits per heavy atom. The van der Waals surface area contributed by atoms with E-state index in [1.807, 2.05) is 30.3 Å².